The lowest BCUT2D eigenvalue weighted by atomic mass is 9.70. The zero-order valence-corrected chi connectivity index (χ0v) is 15.1. The van der Waals surface area contributed by atoms with E-state index in [0.717, 1.165) is 38.5 Å². The molecule has 0 bridgehead atoms. The first-order valence-corrected chi connectivity index (χ1v) is 8.83. The van der Waals surface area contributed by atoms with E-state index in [1.54, 1.807) is 0 Å². The van der Waals surface area contributed by atoms with Crippen molar-refractivity contribution in [2.45, 2.75) is 72.3 Å². The number of hydrogen-bond acceptors (Lipinski definition) is 2. The lowest BCUT2D eigenvalue weighted by molar-refractivity contribution is 0.158. The smallest absolute Gasteiger partial charge is 0.0750 e. The van der Waals surface area contributed by atoms with Crippen LogP contribution in [0.1, 0.15) is 65.4 Å². The first-order valence-electron chi connectivity index (χ1n) is 8.83. The maximum atomic E-state index is 10.1. The molecule has 0 aromatic carbocycles. The van der Waals surface area contributed by atoms with Gasteiger partial charge in [0.15, 0.2) is 0 Å². The summed E-state index contributed by atoms with van der Waals surface area (Å²) in [7, 11) is 0. The standard InChI is InChI=1S/C21H31NO/c1-16(7-5-8-18-9-6-14-22-15-18)10-11-19-17(2)20(23)12-13-21(19,3)4/h6-7,9,14-15,20,23H,5,8,10-13H2,1-4H3/b16-7+. The molecule has 2 heteroatoms. The summed E-state index contributed by atoms with van der Waals surface area (Å²) in [6.07, 6.45) is 12.2. The molecular formula is C21H31NO. The molecule has 23 heavy (non-hydrogen) atoms. The van der Waals surface area contributed by atoms with Gasteiger partial charge in [0.2, 0.25) is 0 Å². The van der Waals surface area contributed by atoms with Gasteiger partial charge in [-0.2, -0.15) is 0 Å². The second kappa shape index (κ2) is 7.92. The van der Waals surface area contributed by atoms with E-state index in [2.05, 4.69) is 44.8 Å². The quantitative estimate of drug-likeness (QED) is 0.729. The molecule has 1 aromatic rings. The Bertz CT molecular complexity index is 569. The van der Waals surface area contributed by atoms with E-state index < -0.39 is 0 Å². The number of allylic oxidation sites excluding steroid dienone is 3. The fourth-order valence-corrected chi connectivity index (χ4v) is 3.59. The van der Waals surface area contributed by atoms with Crippen molar-refractivity contribution in [1.82, 2.24) is 4.98 Å². The molecule has 1 aliphatic carbocycles. The summed E-state index contributed by atoms with van der Waals surface area (Å²) < 4.78 is 0. The highest BCUT2D eigenvalue weighted by Gasteiger charge is 2.31. The van der Waals surface area contributed by atoms with Crippen LogP contribution >= 0.6 is 0 Å². The molecule has 1 heterocycles. The minimum Gasteiger partial charge on any atom is -0.389 e. The largest absolute Gasteiger partial charge is 0.389 e. The van der Waals surface area contributed by atoms with Crippen LogP contribution in [0.15, 0.2) is 47.3 Å². The number of pyridine rings is 1. The van der Waals surface area contributed by atoms with Crippen LogP contribution in [0.3, 0.4) is 0 Å². The van der Waals surface area contributed by atoms with E-state index >= 15 is 0 Å². The van der Waals surface area contributed by atoms with Crippen molar-refractivity contribution in [2.75, 3.05) is 0 Å². The molecule has 1 N–H and O–H groups in total. The Labute approximate surface area is 141 Å². The Balaban J connectivity index is 1.89. The third-order valence-corrected chi connectivity index (χ3v) is 5.25. The van der Waals surface area contributed by atoms with E-state index in [1.807, 2.05) is 18.5 Å². The lowest BCUT2D eigenvalue weighted by Crippen LogP contribution is -2.28. The third kappa shape index (κ3) is 5.04. The highest BCUT2D eigenvalue weighted by Crippen LogP contribution is 2.42. The van der Waals surface area contributed by atoms with Gasteiger partial charge in [0.1, 0.15) is 0 Å². The molecule has 0 aliphatic heterocycles. The van der Waals surface area contributed by atoms with E-state index in [-0.39, 0.29) is 11.5 Å². The number of aromatic nitrogens is 1. The summed E-state index contributed by atoms with van der Waals surface area (Å²) in [5.74, 6) is 0. The number of aliphatic hydroxyl groups excluding tert-OH is 1. The molecule has 0 saturated carbocycles. The average Bonchev–Trinajstić information content (AvgIpc) is 2.52. The predicted molar refractivity (Wildman–Crippen MR) is 97.3 cm³/mol. The van der Waals surface area contributed by atoms with E-state index in [1.165, 1.54) is 22.3 Å². The normalized spacial score (nSPS) is 21.6. The predicted octanol–water partition coefficient (Wildman–Crippen LogP) is 5.24. The van der Waals surface area contributed by atoms with Crippen molar-refractivity contribution in [3.05, 3.63) is 52.9 Å². The first-order chi connectivity index (χ1) is 10.9. The number of hydrogen-bond donors (Lipinski definition) is 1. The topological polar surface area (TPSA) is 33.1 Å². The summed E-state index contributed by atoms with van der Waals surface area (Å²) in [4.78, 5) is 4.16. The highest BCUT2D eigenvalue weighted by atomic mass is 16.3. The van der Waals surface area contributed by atoms with Gasteiger partial charge in [-0.3, -0.25) is 4.98 Å². The molecule has 2 rings (SSSR count). The Morgan fingerprint density at radius 3 is 2.87 bits per heavy atom. The number of rotatable bonds is 6. The van der Waals surface area contributed by atoms with Gasteiger partial charge in [0.05, 0.1) is 6.10 Å². The third-order valence-electron chi connectivity index (χ3n) is 5.25. The fourth-order valence-electron chi connectivity index (χ4n) is 3.59. The molecule has 126 valence electrons. The monoisotopic (exact) mass is 313 g/mol. The summed E-state index contributed by atoms with van der Waals surface area (Å²) in [6, 6.07) is 4.13. The summed E-state index contributed by atoms with van der Waals surface area (Å²) in [5.41, 5.74) is 5.66. The van der Waals surface area contributed by atoms with Crippen molar-refractivity contribution in [3.63, 3.8) is 0 Å². The van der Waals surface area contributed by atoms with Gasteiger partial charge in [0.25, 0.3) is 0 Å². The van der Waals surface area contributed by atoms with Gasteiger partial charge < -0.3 is 5.11 Å². The van der Waals surface area contributed by atoms with Crippen LogP contribution in [-0.2, 0) is 6.42 Å². The van der Waals surface area contributed by atoms with Crippen LogP contribution < -0.4 is 0 Å². The molecule has 1 aromatic heterocycles. The van der Waals surface area contributed by atoms with Crippen LogP contribution in [-0.4, -0.2) is 16.2 Å². The van der Waals surface area contributed by atoms with Crippen LogP contribution in [0.5, 0.6) is 0 Å². The minimum atomic E-state index is -0.229. The molecule has 1 atom stereocenters. The van der Waals surface area contributed by atoms with Crippen molar-refractivity contribution in [1.29, 1.82) is 0 Å². The zero-order valence-electron chi connectivity index (χ0n) is 15.1. The van der Waals surface area contributed by atoms with Gasteiger partial charge in [-0.1, -0.05) is 37.1 Å². The summed E-state index contributed by atoms with van der Waals surface area (Å²) >= 11 is 0. The molecule has 0 radical (unpaired) electrons. The van der Waals surface area contributed by atoms with Crippen LogP contribution in [0.4, 0.5) is 0 Å². The molecule has 0 fully saturated rings. The van der Waals surface area contributed by atoms with E-state index in [0.29, 0.717) is 0 Å². The first kappa shape index (κ1) is 17.9. The van der Waals surface area contributed by atoms with Gasteiger partial charge in [-0.15, -0.1) is 0 Å². The fraction of sp³-hybridized carbons (Fsp3) is 0.571. The molecule has 0 saturated heterocycles. The van der Waals surface area contributed by atoms with Gasteiger partial charge in [0, 0.05) is 12.4 Å². The maximum absolute atomic E-state index is 10.1. The number of aryl methyl sites for hydroxylation is 1. The highest BCUT2D eigenvalue weighted by molar-refractivity contribution is 5.26. The summed E-state index contributed by atoms with van der Waals surface area (Å²) in [6.45, 7) is 8.98. The van der Waals surface area contributed by atoms with Crippen LogP contribution in [0, 0.1) is 5.41 Å². The molecule has 0 spiro atoms. The minimum absolute atomic E-state index is 0.229. The maximum Gasteiger partial charge on any atom is 0.0750 e. The van der Waals surface area contributed by atoms with Gasteiger partial charge >= 0.3 is 0 Å². The Morgan fingerprint density at radius 2 is 2.17 bits per heavy atom. The van der Waals surface area contributed by atoms with Crippen molar-refractivity contribution < 1.29 is 5.11 Å². The number of aliphatic hydroxyl groups is 1. The number of nitrogens with zero attached hydrogens (tertiary/aromatic N) is 1. The molecule has 2 nitrogen and oxygen atoms in total. The van der Waals surface area contributed by atoms with E-state index in [9.17, 15) is 5.11 Å². The van der Waals surface area contributed by atoms with Gasteiger partial charge in [-0.05, 0) is 75.0 Å². The van der Waals surface area contributed by atoms with Crippen LogP contribution in [0.2, 0.25) is 0 Å². The van der Waals surface area contributed by atoms with Gasteiger partial charge in [-0.25, -0.2) is 0 Å². The second-order valence-corrected chi connectivity index (χ2v) is 7.55. The van der Waals surface area contributed by atoms with E-state index in [4.69, 9.17) is 0 Å². The van der Waals surface area contributed by atoms with Crippen LogP contribution in [0.25, 0.3) is 0 Å². The molecular weight excluding hydrogens is 282 g/mol. The molecule has 1 aliphatic rings. The SMILES string of the molecule is CC1=C(CC/C(C)=C/CCc2cccnc2)C(C)(C)CCC1O. The molecule has 1 unspecified atom stereocenters. The Morgan fingerprint density at radius 1 is 1.39 bits per heavy atom. The summed E-state index contributed by atoms with van der Waals surface area (Å²) in [5, 5.41) is 10.1. The molecule has 0 amide bonds. The average molecular weight is 313 g/mol. The second-order valence-electron chi connectivity index (χ2n) is 7.55. The zero-order chi connectivity index (χ0) is 16.9. The Hall–Kier alpha value is -1.41. The van der Waals surface area contributed by atoms with Crippen molar-refractivity contribution in [2.24, 2.45) is 5.41 Å². The lowest BCUT2D eigenvalue weighted by Gasteiger charge is -2.37. The Kier molecular flexibility index (Phi) is 6.17. The van der Waals surface area contributed by atoms with Crippen molar-refractivity contribution in [3.8, 4) is 0 Å². The van der Waals surface area contributed by atoms with Crippen molar-refractivity contribution >= 4 is 0 Å².